The van der Waals surface area contributed by atoms with E-state index in [-0.39, 0.29) is 32.2 Å². The molecule has 0 aliphatic carbocycles. The van der Waals surface area contributed by atoms with Gasteiger partial charge in [0.05, 0.1) is 19.8 Å². The normalized spacial score (nSPS) is 10.2. The molecule has 6 heteroatoms. The van der Waals surface area contributed by atoms with Crippen LogP contribution in [0.2, 0.25) is 0 Å². The summed E-state index contributed by atoms with van der Waals surface area (Å²) in [5.41, 5.74) is -0.491. The maximum absolute atomic E-state index is 13.2. The van der Waals surface area contributed by atoms with E-state index in [1.807, 2.05) is 0 Å². The second-order valence-corrected chi connectivity index (χ2v) is 3.10. The van der Waals surface area contributed by atoms with E-state index in [4.69, 9.17) is 19.7 Å². The number of benzene rings is 1. The lowest BCUT2D eigenvalue weighted by atomic mass is 10.2. The SMILES string of the molecule is O=C(O)c1c(F)cccc1OCCOCCO. The summed E-state index contributed by atoms with van der Waals surface area (Å²) >= 11 is 0. The van der Waals surface area contributed by atoms with Crippen molar-refractivity contribution in [1.82, 2.24) is 0 Å². The molecule has 0 aliphatic rings. The average Bonchev–Trinajstić information content (AvgIpc) is 2.28. The lowest BCUT2D eigenvalue weighted by Gasteiger charge is -2.09. The molecule has 0 spiro atoms. The van der Waals surface area contributed by atoms with Gasteiger partial charge in [-0.25, -0.2) is 9.18 Å². The van der Waals surface area contributed by atoms with Crippen LogP contribution in [-0.2, 0) is 4.74 Å². The maximum atomic E-state index is 13.2. The molecule has 0 aliphatic heterocycles. The molecule has 0 heterocycles. The Morgan fingerprint density at radius 3 is 2.71 bits per heavy atom. The van der Waals surface area contributed by atoms with Crippen molar-refractivity contribution in [3.63, 3.8) is 0 Å². The molecule has 0 saturated carbocycles. The van der Waals surface area contributed by atoms with Gasteiger partial charge in [-0.2, -0.15) is 0 Å². The predicted molar refractivity (Wildman–Crippen MR) is 56.8 cm³/mol. The summed E-state index contributed by atoms with van der Waals surface area (Å²) < 4.78 is 23.2. The van der Waals surface area contributed by atoms with Crippen molar-refractivity contribution < 1.29 is 28.9 Å². The van der Waals surface area contributed by atoms with E-state index in [1.54, 1.807) is 0 Å². The highest BCUT2D eigenvalue weighted by Gasteiger charge is 2.16. The number of hydrogen-bond acceptors (Lipinski definition) is 4. The fourth-order valence-electron chi connectivity index (χ4n) is 1.21. The van der Waals surface area contributed by atoms with Crippen LogP contribution >= 0.6 is 0 Å². The highest BCUT2D eigenvalue weighted by atomic mass is 19.1. The third-order valence-corrected chi connectivity index (χ3v) is 1.91. The Labute approximate surface area is 97.4 Å². The minimum absolute atomic E-state index is 0.0369. The standard InChI is InChI=1S/C11H13FO5/c12-8-2-1-3-9(10(8)11(14)15)17-7-6-16-5-4-13/h1-3,13H,4-7H2,(H,14,15). The Hall–Kier alpha value is -1.66. The summed E-state index contributed by atoms with van der Waals surface area (Å²) in [5, 5.41) is 17.2. The van der Waals surface area contributed by atoms with Crippen LogP contribution in [-0.4, -0.2) is 42.6 Å². The van der Waals surface area contributed by atoms with Crippen molar-refractivity contribution in [3.05, 3.63) is 29.6 Å². The van der Waals surface area contributed by atoms with Gasteiger partial charge >= 0.3 is 5.97 Å². The van der Waals surface area contributed by atoms with Gasteiger partial charge in [-0.1, -0.05) is 6.07 Å². The summed E-state index contributed by atoms with van der Waals surface area (Å²) in [6.45, 7) is 0.360. The fourth-order valence-corrected chi connectivity index (χ4v) is 1.21. The van der Waals surface area contributed by atoms with Crippen molar-refractivity contribution >= 4 is 5.97 Å². The molecular weight excluding hydrogens is 231 g/mol. The molecule has 2 N–H and O–H groups in total. The average molecular weight is 244 g/mol. The first-order valence-electron chi connectivity index (χ1n) is 5.00. The van der Waals surface area contributed by atoms with Crippen LogP contribution in [0, 0.1) is 5.82 Å². The molecule has 1 rings (SSSR count). The van der Waals surface area contributed by atoms with Gasteiger partial charge in [-0.3, -0.25) is 0 Å². The monoisotopic (exact) mass is 244 g/mol. The Balaban J connectivity index is 2.58. The zero-order chi connectivity index (χ0) is 12.7. The molecule has 0 fully saturated rings. The number of hydrogen-bond donors (Lipinski definition) is 2. The van der Waals surface area contributed by atoms with Crippen LogP contribution in [0.15, 0.2) is 18.2 Å². The van der Waals surface area contributed by atoms with E-state index in [1.165, 1.54) is 12.1 Å². The van der Waals surface area contributed by atoms with Crippen molar-refractivity contribution in [3.8, 4) is 5.75 Å². The van der Waals surface area contributed by atoms with Crippen LogP contribution < -0.4 is 4.74 Å². The molecular formula is C11H13FO5. The number of carboxylic acids is 1. The molecule has 0 amide bonds. The number of carboxylic acid groups (broad SMARTS) is 1. The molecule has 0 bridgehead atoms. The first kappa shape index (κ1) is 13.4. The quantitative estimate of drug-likeness (QED) is 0.697. The molecule has 0 radical (unpaired) electrons. The van der Waals surface area contributed by atoms with Gasteiger partial charge in [0, 0.05) is 0 Å². The van der Waals surface area contributed by atoms with E-state index >= 15 is 0 Å². The molecule has 0 aromatic heterocycles. The van der Waals surface area contributed by atoms with Gasteiger partial charge in [0.1, 0.15) is 23.7 Å². The number of aliphatic hydroxyl groups excluding tert-OH is 1. The highest BCUT2D eigenvalue weighted by molar-refractivity contribution is 5.91. The second-order valence-electron chi connectivity index (χ2n) is 3.10. The number of carbonyl (C=O) groups is 1. The fraction of sp³-hybridized carbons (Fsp3) is 0.364. The molecule has 5 nitrogen and oxygen atoms in total. The summed E-state index contributed by atoms with van der Waals surface area (Å²) in [6, 6.07) is 3.79. The van der Waals surface area contributed by atoms with Gasteiger partial charge in [-0.05, 0) is 12.1 Å². The molecule has 0 atom stereocenters. The summed E-state index contributed by atoms with van der Waals surface area (Å²) in [5.74, 6) is -2.26. The van der Waals surface area contributed by atoms with Crippen molar-refractivity contribution in [2.45, 2.75) is 0 Å². The zero-order valence-corrected chi connectivity index (χ0v) is 9.06. The minimum Gasteiger partial charge on any atom is -0.490 e. The topological polar surface area (TPSA) is 76.0 Å². The van der Waals surface area contributed by atoms with E-state index < -0.39 is 17.3 Å². The lowest BCUT2D eigenvalue weighted by molar-refractivity contribution is 0.0651. The van der Waals surface area contributed by atoms with E-state index in [2.05, 4.69) is 0 Å². The predicted octanol–water partition coefficient (Wildman–Crippen LogP) is 0.912. The summed E-state index contributed by atoms with van der Waals surface area (Å²) in [4.78, 5) is 10.8. The number of rotatable bonds is 7. The Morgan fingerprint density at radius 2 is 2.06 bits per heavy atom. The molecule has 94 valence electrons. The zero-order valence-electron chi connectivity index (χ0n) is 9.06. The Morgan fingerprint density at radius 1 is 1.29 bits per heavy atom. The first-order chi connectivity index (χ1) is 8.16. The van der Waals surface area contributed by atoms with Crippen LogP contribution in [0.25, 0.3) is 0 Å². The van der Waals surface area contributed by atoms with E-state index in [0.717, 1.165) is 6.07 Å². The smallest absolute Gasteiger partial charge is 0.342 e. The number of ether oxygens (including phenoxy) is 2. The number of aromatic carboxylic acids is 1. The van der Waals surface area contributed by atoms with Crippen molar-refractivity contribution in [2.75, 3.05) is 26.4 Å². The lowest BCUT2D eigenvalue weighted by Crippen LogP contribution is -2.12. The van der Waals surface area contributed by atoms with E-state index in [0.29, 0.717) is 0 Å². The Kier molecular flexibility index (Phi) is 5.38. The summed E-state index contributed by atoms with van der Waals surface area (Å²) in [7, 11) is 0. The van der Waals surface area contributed by atoms with Crippen LogP contribution in [0.5, 0.6) is 5.75 Å². The van der Waals surface area contributed by atoms with Crippen LogP contribution in [0.1, 0.15) is 10.4 Å². The molecule has 0 unspecified atom stereocenters. The number of halogens is 1. The Bertz CT molecular complexity index is 380. The van der Waals surface area contributed by atoms with Crippen LogP contribution in [0.4, 0.5) is 4.39 Å². The first-order valence-corrected chi connectivity index (χ1v) is 5.00. The maximum Gasteiger partial charge on any atom is 0.342 e. The molecule has 1 aromatic carbocycles. The third kappa shape index (κ3) is 4.01. The van der Waals surface area contributed by atoms with Gasteiger partial charge in [0.15, 0.2) is 0 Å². The van der Waals surface area contributed by atoms with Gasteiger partial charge in [0.2, 0.25) is 0 Å². The second kappa shape index (κ2) is 6.82. The van der Waals surface area contributed by atoms with E-state index in [9.17, 15) is 9.18 Å². The molecule has 0 saturated heterocycles. The third-order valence-electron chi connectivity index (χ3n) is 1.91. The molecule has 17 heavy (non-hydrogen) atoms. The van der Waals surface area contributed by atoms with Crippen LogP contribution in [0.3, 0.4) is 0 Å². The highest BCUT2D eigenvalue weighted by Crippen LogP contribution is 2.21. The van der Waals surface area contributed by atoms with Crippen molar-refractivity contribution in [2.24, 2.45) is 0 Å². The van der Waals surface area contributed by atoms with Crippen molar-refractivity contribution in [1.29, 1.82) is 0 Å². The largest absolute Gasteiger partial charge is 0.490 e. The molecule has 1 aromatic rings. The van der Waals surface area contributed by atoms with Gasteiger partial charge in [0.25, 0.3) is 0 Å². The van der Waals surface area contributed by atoms with Gasteiger partial charge < -0.3 is 19.7 Å². The number of aliphatic hydroxyl groups is 1. The minimum atomic E-state index is -1.38. The van der Waals surface area contributed by atoms with Gasteiger partial charge in [-0.15, -0.1) is 0 Å². The summed E-state index contributed by atoms with van der Waals surface area (Å²) in [6.07, 6.45) is 0.